The third kappa shape index (κ3) is 2.91. The molecular formula is C17H26N4. The summed E-state index contributed by atoms with van der Waals surface area (Å²) in [4.78, 5) is 11.8. The molecule has 4 heteroatoms. The van der Waals surface area contributed by atoms with Crippen LogP contribution < -0.4 is 10.2 Å². The Bertz CT molecular complexity index is 498. The summed E-state index contributed by atoms with van der Waals surface area (Å²) in [6, 6.07) is 1.42. The summed E-state index contributed by atoms with van der Waals surface area (Å²) in [6.07, 6.45) is 13.4. The highest BCUT2D eigenvalue weighted by Gasteiger charge is 2.29. The van der Waals surface area contributed by atoms with Crippen LogP contribution in [0.4, 0.5) is 5.82 Å². The van der Waals surface area contributed by atoms with Crippen LogP contribution in [-0.4, -0.2) is 35.1 Å². The molecule has 0 spiro atoms. The summed E-state index contributed by atoms with van der Waals surface area (Å²) in [7, 11) is 0. The van der Waals surface area contributed by atoms with E-state index in [-0.39, 0.29) is 0 Å². The van der Waals surface area contributed by atoms with Gasteiger partial charge in [0.15, 0.2) is 0 Å². The van der Waals surface area contributed by atoms with E-state index in [9.17, 15) is 0 Å². The first-order chi connectivity index (χ1) is 10.4. The molecule has 1 unspecified atom stereocenters. The standard InChI is InChI=1S/C17H26N4/c1-2-7-16-15(6-1)17(20-12-19-16)21-10-4-3-5-14(21)11-18-13-8-9-13/h12-14,18H,1-11H2. The molecule has 1 N–H and O–H groups in total. The minimum atomic E-state index is 0.625. The number of aryl methyl sites for hydroxylation is 1. The number of piperidine rings is 1. The molecule has 1 aromatic rings. The molecule has 21 heavy (non-hydrogen) atoms. The van der Waals surface area contributed by atoms with Gasteiger partial charge in [-0.05, 0) is 57.8 Å². The summed E-state index contributed by atoms with van der Waals surface area (Å²) in [5, 5.41) is 3.72. The van der Waals surface area contributed by atoms with E-state index in [2.05, 4.69) is 15.2 Å². The second-order valence-corrected chi connectivity index (χ2v) is 6.86. The number of fused-ring (bicyclic) bond motifs is 1. The van der Waals surface area contributed by atoms with Gasteiger partial charge < -0.3 is 10.2 Å². The predicted molar refractivity (Wildman–Crippen MR) is 84.7 cm³/mol. The zero-order valence-corrected chi connectivity index (χ0v) is 12.9. The lowest BCUT2D eigenvalue weighted by atomic mass is 9.94. The molecule has 1 atom stereocenters. The molecule has 3 aliphatic rings. The monoisotopic (exact) mass is 286 g/mol. The minimum Gasteiger partial charge on any atom is -0.352 e. The lowest BCUT2D eigenvalue weighted by Gasteiger charge is -2.38. The number of anilines is 1. The molecule has 4 rings (SSSR count). The quantitative estimate of drug-likeness (QED) is 0.923. The molecule has 114 valence electrons. The molecule has 0 amide bonds. The predicted octanol–water partition coefficient (Wildman–Crippen LogP) is 2.47. The number of hydrogen-bond donors (Lipinski definition) is 1. The molecule has 2 aliphatic carbocycles. The van der Waals surface area contributed by atoms with Crippen LogP contribution in [0, 0.1) is 0 Å². The maximum Gasteiger partial charge on any atom is 0.135 e. The van der Waals surface area contributed by atoms with E-state index in [4.69, 9.17) is 4.98 Å². The van der Waals surface area contributed by atoms with Crippen LogP contribution in [0.5, 0.6) is 0 Å². The third-order valence-corrected chi connectivity index (χ3v) is 5.22. The lowest BCUT2D eigenvalue weighted by molar-refractivity contribution is 0.429. The first kappa shape index (κ1) is 13.5. The van der Waals surface area contributed by atoms with Gasteiger partial charge in [-0.25, -0.2) is 9.97 Å². The summed E-state index contributed by atoms with van der Waals surface area (Å²) < 4.78 is 0. The molecule has 0 bridgehead atoms. The zero-order valence-electron chi connectivity index (χ0n) is 12.9. The highest BCUT2D eigenvalue weighted by molar-refractivity contribution is 5.50. The van der Waals surface area contributed by atoms with Crippen molar-refractivity contribution in [2.24, 2.45) is 0 Å². The molecule has 1 aromatic heterocycles. The van der Waals surface area contributed by atoms with Gasteiger partial charge in [0, 0.05) is 36.4 Å². The number of rotatable bonds is 4. The number of hydrogen-bond acceptors (Lipinski definition) is 4. The molecule has 2 heterocycles. The Balaban J connectivity index is 1.56. The molecule has 2 fully saturated rings. The van der Waals surface area contributed by atoms with Gasteiger partial charge in [-0.1, -0.05) is 0 Å². The van der Waals surface area contributed by atoms with Crippen molar-refractivity contribution in [1.29, 1.82) is 0 Å². The summed E-state index contributed by atoms with van der Waals surface area (Å²) in [5.74, 6) is 1.25. The normalized spacial score (nSPS) is 25.7. The summed E-state index contributed by atoms with van der Waals surface area (Å²) >= 11 is 0. The van der Waals surface area contributed by atoms with Crippen LogP contribution in [0.3, 0.4) is 0 Å². The van der Waals surface area contributed by atoms with E-state index < -0.39 is 0 Å². The van der Waals surface area contributed by atoms with E-state index in [1.54, 1.807) is 6.33 Å². The van der Waals surface area contributed by atoms with Crippen molar-refractivity contribution in [2.45, 2.75) is 69.9 Å². The van der Waals surface area contributed by atoms with E-state index in [1.807, 2.05) is 0 Å². The van der Waals surface area contributed by atoms with Gasteiger partial charge in [-0.3, -0.25) is 0 Å². The van der Waals surface area contributed by atoms with Gasteiger partial charge in [0.1, 0.15) is 12.1 Å². The van der Waals surface area contributed by atoms with Crippen molar-refractivity contribution in [1.82, 2.24) is 15.3 Å². The fraction of sp³-hybridized carbons (Fsp3) is 0.765. The van der Waals surface area contributed by atoms with Crippen molar-refractivity contribution in [3.63, 3.8) is 0 Å². The molecule has 4 nitrogen and oxygen atoms in total. The SMILES string of the molecule is c1nc2c(c(N3CCCCC3CNC3CC3)n1)CCCC2. The second-order valence-electron chi connectivity index (χ2n) is 6.86. The summed E-state index contributed by atoms with van der Waals surface area (Å²) in [5.41, 5.74) is 2.76. The van der Waals surface area contributed by atoms with Crippen LogP contribution in [0.25, 0.3) is 0 Å². The van der Waals surface area contributed by atoms with Gasteiger partial charge in [-0.2, -0.15) is 0 Å². The maximum absolute atomic E-state index is 4.70. The van der Waals surface area contributed by atoms with E-state index in [0.717, 1.165) is 19.0 Å². The Morgan fingerprint density at radius 1 is 1.05 bits per heavy atom. The summed E-state index contributed by atoms with van der Waals surface area (Å²) in [6.45, 7) is 2.30. The fourth-order valence-corrected chi connectivity index (χ4v) is 3.83. The highest BCUT2D eigenvalue weighted by atomic mass is 15.2. The van der Waals surface area contributed by atoms with Crippen molar-refractivity contribution >= 4 is 5.82 Å². The van der Waals surface area contributed by atoms with E-state index in [0.29, 0.717) is 6.04 Å². The molecule has 0 radical (unpaired) electrons. The van der Waals surface area contributed by atoms with Crippen LogP contribution >= 0.6 is 0 Å². The third-order valence-electron chi connectivity index (χ3n) is 5.22. The molecule has 0 aromatic carbocycles. The maximum atomic E-state index is 4.70. The first-order valence-corrected chi connectivity index (χ1v) is 8.74. The first-order valence-electron chi connectivity index (χ1n) is 8.74. The van der Waals surface area contributed by atoms with Gasteiger partial charge >= 0.3 is 0 Å². The van der Waals surface area contributed by atoms with Crippen molar-refractivity contribution in [3.05, 3.63) is 17.6 Å². The zero-order chi connectivity index (χ0) is 14.1. The van der Waals surface area contributed by atoms with Crippen molar-refractivity contribution < 1.29 is 0 Å². The fourth-order valence-electron chi connectivity index (χ4n) is 3.83. The topological polar surface area (TPSA) is 41.1 Å². The minimum absolute atomic E-state index is 0.625. The van der Waals surface area contributed by atoms with Gasteiger partial charge in [0.2, 0.25) is 0 Å². The number of nitrogens with zero attached hydrogens (tertiary/aromatic N) is 3. The molecule has 1 saturated heterocycles. The van der Waals surface area contributed by atoms with Gasteiger partial charge in [0.25, 0.3) is 0 Å². The molecule has 1 aliphatic heterocycles. The number of aromatic nitrogens is 2. The average Bonchev–Trinajstić information content (AvgIpc) is 3.37. The van der Waals surface area contributed by atoms with Crippen LogP contribution in [-0.2, 0) is 12.8 Å². The van der Waals surface area contributed by atoms with Crippen molar-refractivity contribution in [3.8, 4) is 0 Å². The molecule has 1 saturated carbocycles. The van der Waals surface area contributed by atoms with Gasteiger partial charge in [-0.15, -0.1) is 0 Å². The van der Waals surface area contributed by atoms with Crippen LogP contribution in [0.2, 0.25) is 0 Å². The average molecular weight is 286 g/mol. The number of nitrogens with one attached hydrogen (secondary N) is 1. The van der Waals surface area contributed by atoms with Crippen LogP contribution in [0.15, 0.2) is 6.33 Å². The Hall–Kier alpha value is -1.16. The molecular weight excluding hydrogens is 260 g/mol. The Morgan fingerprint density at radius 2 is 1.95 bits per heavy atom. The highest BCUT2D eigenvalue weighted by Crippen LogP contribution is 2.31. The Labute approximate surface area is 127 Å². The second kappa shape index (κ2) is 5.91. The van der Waals surface area contributed by atoms with E-state index in [1.165, 1.54) is 75.0 Å². The smallest absolute Gasteiger partial charge is 0.135 e. The largest absolute Gasteiger partial charge is 0.352 e. The van der Waals surface area contributed by atoms with Crippen molar-refractivity contribution in [2.75, 3.05) is 18.0 Å². The van der Waals surface area contributed by atoms with Gasteiger partial charge in [0.05, 0.1) is 0 Å². The van der Waals surface area contributed by atoms with Crippen LogP contribution in [0.1, 0.15) is 56.2 Å². The Kier molecular flexibility index (Phi) is 3.80. The lowest BCUT2D eigenvalue weighted by Crippen LogP contribution is -2.47. The van der Waals surface area contributed by atoms with E-state index >= 15 is 0 Å². The Morgan fingerprint density at radius 3 is 2.86 bits per heavy atom.